The van der Waals surface area contributed by atoms with Gasteiger partial charge in [0.15, 0.2) is 0 Å². The molecule has 3 nitrogen and oxygen atoms in total. The minimum atomic E-state index is 0.872. The number of benzene rings is 1. The van der Waals surface area contributed by atoms with Crippen LogP contribution in [0.1, 0.15) is 12.8 Å². The Bertz CT molecular complexity index is 365. The van der Waals surface area contributed by atoms with Gasteiger partial charge in [-0.3, -0.25) is 4.90 Å². The van der Waals surface area contributed by atoms with Crippen LogP contribution in [-0.4, -0.2) is 50.7 Å². The SMILES string of the molecule is c1ccc(N2CCN(CC3CCCNC3)CC2)cc1. The maximum atomic E-state index is 3.52. The first kappa shape index (κ1) is 12.9. The lowest BCUT2D eigenvalue weighted by Crippen LogP contribution is -2.49. The quantitative estimate of drug-likeness (QED) is 0.893. The maximum Gasteiger partial charge on any atom is 0.0367 e. The van der Waals surface area contributed by atoms with Crippen LogP contribution in [0.15, 0.2) is 30.3 Å². The normalized spacial score (nSPS) is 25.5. The summed E-state index contributed by atoms with van der Waals surface area (Å²) in [5, 5.41) is 3.52. The number of hydrogen-bond acceptors (Lipinski definition) is 3. The van der Waals surface area contributed by atoms with E-state index in [-0.39, 0.29) is 0 Å². The molecule has 0 radical (unpaired) electrons. The highest BCUT2D eigenvalue weighted by Gasteiger charge is 2.21. The molecule has 0 saturated carbocycles. The van der Waals surface area contributed by atoms with Gasteiger partial charge in [-0.25, -0.2) is 0 Å². The van der Waals surface area contributed by atoms with E-state index < -0.39 is 0 Å². The van der Waals surface area contributed by atoms with Crippen LogP contribution in [-0.2, 0) is 0 Å². The summed E-state index contributed by atoms with van der Waals surface area (Å²) < 4.78 is 0. The molecule has 2 aliphatic heterocycles. The highest BCUT2D eigenvalue weighted by molar-refractivity contribution is 5.46. The second kappa shape index (κ2) is 6.40. The first-order chi connectivity index (χ1) is 9.42. The molecule has 2 saturated heterocycles. The van der Waals surface area contributed by atoms with Gasteiger partial charge in [0.05, 0.1) is 0 Å². The minimum absolute atomic E-state index is 0.872. The van der Waals surface area contributed by atoms with Crippen molar-refractivity contribution < 1.29 is 0 Å². The Labute approximate surface area is 116 Å². The summed E-state index contributed by atoms with van der Waals surface area (Å²) in [6.07, 6.45) is 2.76. The molecule has 0 aromatic heterocycles. The summed E-state index contributed by atoms with van der Waals surface area (Å²) in [5.74, 6) is 0.872. The van der Waals surface area contributed by atoms with Crippen molar-refractivity contribution in [2.24, 2.45) is 5.92 Å². The Kier molecular flexibility index (Phi) is 4.36. The highest BCUT2D eigenvalue weighted by atomic mass is 15.3. The Morgan fingerprint density at radius 3 is 2.53 bits per heavy atom. The number of nitrogens with one attached hydrogen (secondary N) is 1. The molecule has 0 bridgehead atoms. The van der Waals surface area contributed by atoms with Crippen LogP contribution in [0.2, 0.25) is 0 Å². The van der Waals surface area contributed by atoms with Crippen molar-refractivity contribution >= 4 is 5.69 Å². The van der Waals surface area contributed by atoms with Crippen LogP contribution < -0.4 is 10.2 Å². The molecule has 3 rings (SSSR count). The Morgan fingerprint density at radius 1 is 1.05 bits per heavy atom. The van der Waals surface area contributed by atoms with Gasteiger partial charge in [-0.15, -0.1) is 0 Å². The highest BCUT2D eigenvalue weighted by Crippen LogP contribution is 2.17. The molecule has 0 amide bonds. The molecule has 0 aliphatic carbocycles. The zero-order valence-corrected chi connectivity index (χ0v) is 11.7. The van der Waals surface area contributed by atoms with E-state index in [0.29, 0.717) is 0 Å². The first-order valence-electron chi connectivity index (χ1n) is 7.65. The largest absolute Gasteiger partial charge is 0.369 e. The number of anilines is 1. The lowest BCUT2D eigenvalue weighted by atomic mass is 9.99. The number of rotatable bonds is 3. The van der Waals surface area contributed by atoms with Gasteiger partial charge in [0.25, 0.3) is 0 Å². The number of para-hydroxylation sites is 1. The van der Waals surface area contributed by atoms with E-state index in [1.165, 1.54) is 64.3 Å². The van der Waals surface area contributed by atoms with Crippen molar-refractivity contribution in [3.05, 3.63) is 30.3 Å². The van der Waals surface area contributed by atoms with E-state index in [9.17, 15) is 0 Å². The minimum Gasteiger partial charge on any atom is -0.369 e. The molecule has 2 heterocycles. The number of piperidine rings is 1. The van der Waals surface area contributed by atoms with Crippen LogP contribution in [0.4, 0.5) is 5.69 Å². The monoisotopic (exact) mass is 259 g/mol. The van der Waals surface area contributed by atoms with E-state index in [1.807, 2.05) is 0 Å². The Morgan fingerprint density at radius 2 is 1.84 bits per heavy atom. The van der Waals surface area contributed by atoms with Gasteiger partial charge in [0.1, 0.15) is 0 Å². The maximum absolute atomic E-state index is 3.52. The van der Waals surface area contributed by atoms with Crippen LogP contribution in [0, 0.1) is 5.92 Å². The summed E-state index contributed by atoms with van der Waals surface area (Å²) in [6.45, 7) is 8.50. The lowest BCUT2D eigenvalue weighted by molar-refractivity contribution is 0.199. The third-order valence-electron chi connectivity index (χ3n) is 4.41. The lowest BCUT2D eigenvalue weighted by Gasteiger charge is -2.38. The van der Waals surface area contributed by atoms with Crippen LogP contribution in [0.3, 0.4) is 0 Å². The van der Waals surface area contributed by atoms with Crippen molar-refractivity contribution in [3.8, 4) is 0 Å². The molecular formula is C16H25N3. The number of nitrogens with zero attached hydrogens (tertiary/aromatic N) is 2. The molecular weight excluding hydrogens is 234 g/mol. The van der Waals surface area contributed by atoms with Crippen LogP contribution in [0.25, 0.3) is 0 Å². The average molecular weight is 259 g/mol. The molecule has 1 atom stereocenters. The fourth-order valence-electron chi connectivity index (χ4n) is 3.27. The van der Waals surface area contributed by atoms with E-state index in [1.54, 1.807) is 0 Å². The summed E-state index contributed by atoms with van der Waals surface area (Å²) in [5.41, 5.74) is 1.38. The smallest absolute Gasteiger partial charge is 0.0367 e. The van der Waals surface area contributed by atoms with Gasteiger partial charge in [0, 0.05) is 38.4 Å². The van der Waals surface area contributed by atoms with Crippen molar-refractivity contribution in [3.63, 3.8) is 0 Å². The fourth-order valence-corrected chi connectivity index (χ4v) is 3.27. The molecule has 0 spiro atoms. The summed E-state index contributed by atoms with van der Waals surface area (Å²) >= 11 is 0. The van der Waals surface area contributed by atoms with Gasteiger partial charge in [0.2, 0.25) is 0 Å². The molecule has 1 aromatic rings. The fraction of sp³-hybridized carbons (Fsp3) is 0.625. The van der Waals surface area contributed by atoms with Crippen LogP contribution >= 0.6 is 0 Å². The summed E-state index contributed by atoms with van der Waals surface area (Å²) in [6, 6.07) is 10.8. The van der Waals surface area contributed by atoms with Gasteiger partial charge in [-0.05, 0) is 44.0 Å². The van der Waals surface area contributed by atoms with Gasteiger partial charge in [-0.2, -0.15) is 0 Å². The second-order valence-corrected chi connectivity index (χ2v) is 5.84. The predicted octanol–water partition coefficient (Wildman–Crippen LogP) is 1.81. The van der Waals surface area contributed by atoms with Crippen LogP contribution in [0.5, 0.6) is 0 Å². The second-order valence-electron chi connectivity index (χ2n) is 5.84. The van der Waals surface area contributed by atoms with Gasteiger partial charge < -0.3 is 10.2 Å². The van der Waals surface area contributed by atoms with Gasteiger partial charge >= 0.3 is 0 Å². The topological polar surface area (TPSA) is 18.5 Å². The van der Waals surface area contributed by atoms with E-state index in [0.717, 1.165) is 5.92 Å². The van der Waals surface area contributed by atoms with Crippen molar-refractivity contribution in [2.45, 2.75) is 12.8 Å². The third kappa shape index (κ3) is 3.48. The van der Waals surface area contributed by atoms with E-state index in [4.69, 9.17) is 0 Å². The third-order valence-corrected chi connectivity index (χ3v) is 4.41. The predicted molar refractivity (Wildman–Crippen MR) is 80.7 cm³/mol. The standard InChI is InChI=1S/C16H25N3/c1-2-6-16(7-3-1)19-11-9-18(10-12-19)14-15-5-4-8-17-13-15/h1-3,6-7,15,17H,4-5,8-14H2. The molecule has 1 N–H and O–H groups in total. The first-order valence-corrected chi connectivity index (χ1v) is 7.65. The molecule has 3 heteroatoms. The van der Waals surface area contributed by atoms with E-state index >= 15 is 0 Å². The van der Waals surface area contributed by atoms with Crippen molar-refractivity contribution in [1.29, 1.82) is 0 Å². The number of hydrogen-bond donors (Lipinski definition) is 1. The molecule has 2 fully saturated rings. The zero-order chi connectivity index (χ0) is 12.9. The van der Waals surface area contributed by atoms with Gasteiger partial charge in [-0.1, -0.05) is 18.2 Å². The van der Waals surface area contributed by atoms with E-state index in [2.05, 4.69) is 45.4 Å². The number of piperazine rings is 1. The summed E-state index contributed by atoms with van der Waals surface area (Å²) in [7, 11) is 0. The average Bonchev–Trinajstić information content (AvgIpc) is 2.50. The Balaban J connectivity index is 1.46. The molecule has 2 aliphatic rings. The van der Waals surface area contributed by atoms with Crippen molar-refractivity contribution in [1.82, 2.24) is 10.2 Å². The molecule has 19 heavy (non-hydrogen) atoms. The Hall–Kier alpha value is -1.06. The zero-order valence-electron chi connectivity index (χ0n) is 11.7. The molecule has 1 unspecified atom stereocenters. The van der Waals surface area contributed by atoms with Crippen molar-refractivity contribution in [2.75, 3.05) is 50.7 Å². The molecule has 104 valence electrons. The summed E-state index contributed by atoms with van der Waals surface area (Å²) in [4.78, 5) is 5.16. The molecule has 1 aromatic carbocycles.